The highest BCUT2D eigenvalue weighted by Gasteiger charge is 2.11. The van der Waals surface area contributed by atoms with Crippen molar-refractivity contribution in [2.24, 2.45) is 0 Å². The van der Waals surface area contributed by atoms with Crippen LogP contribution in [0.2, 0.25) is 0 Å². The summed E-state index contributed by atoms with van der Waals surface area (Å²) in [5.41, 5.74) is 1.70. The molecule has 0 bridgehead atoms. The number of non-ortho nitro benzene ring substituents is 1. The number of carbonyl (C=O) groups is 1. The Bertz CT molecular complexity index is 855. The lowest BCUT2D eigenvalue weighted by atomic mass is 10.2. The Morgan fingerprint density at radius 2 is 1.90 bits per heavy atom. The third-order valence-corrected chi connectivity index (χ3v) is 4.03. The molecule has 1 heterocycles. The third-order valence-electron chi connectivity index (χ3n) is 2.96. The predicted molar refractivity (Wildman–Crippen MR) is 78.7 cm³/mol. The van der Waals surface area contributed by atoms with Crippen LogP contribution < -0.4 is 0 Å². The van der Waals surface area contributed by atoms with Gasteiger partial charge in [0, 0.05) is 17.7 Å². The topological polar surface area (TPSA) is 93.3 Å². The van der Waals surface area contributed by atoms with Gasteiger partial charge in [-0.15, -0.1) is 11.3 Å². The zero-order valence-electron chi connectivity index (χ0n) is 10.5. The van der Waals surface area contributed by atoms with Gasteiger partial charge in [-0.1, -0.05) is 0 Å². The summed E-state index contributed by atoms with van der Waals surface area (Å²) >= 11 is 1.35. The number of carboxylic acids is 1. The van der Waals surface area contributed by atoms with Gasteiger partial charge in [-0.2, -0.15) is 0 Å². The van der Waals surface area contributed by atoms with Crippen molar-refractivity contribution in [3.63, 3.8) is 0 Å². The van der Waals surface area contributed by atoms with E-state index in [1.807, 2.05) is 0 Å². The van der Waals surface area contributed by atoms with Crippen molar-refractivity contribution in [2.45, 2.75) is 0 Å². The van der Waals surface area contributed by atoms with E-state index in [9.17, 15) is 14.9 Å². The van der Waals surface area contributed by atoms with Crippen molar-refractivity contribution in [2.75, 3.05) is 0 Å². The molecule has 3 rings (SSSR count). The van der Waals surface area contributed by atoms with Crippen LogP contribution in [0.5, 0.6) is 0 Å². The zero-order chi connectivity index (χ0) is 15.0. The molecule has 0 atom stereocenters. The van der Waals surface area contributed by atoms with Crippen LogP contribution in [0, 0.1) is 10.1 Å². The molecule has 7 heteroatoms. The summed E-state index contributed by atoms with van der Waals surface area (Å²) in [5, 5.41) is 20.3. The number of benzene rings is 2. The molecule has 0 amide bonds. The molecular weight excluding hydrogens is 292 g/mol. The SMILES string of the molecule is O=C(O)c1ccc2nc(-c3ccc([N+](=O)[O-])cc3)sc2c1. The molecule has 0 saturated heterocycles. The van der Waals surface area contributed by atoms with Crippen LogP contribution in [-0.2, 0) is 0 Å². The quantitative estimate of drug-likeness (QED) is 0.589. The van der Waals surface area contributed by atoms with E-state index in [2.05, 4.69) is 4.98 Å². The van der Waals surface area contributed by atoms with Crippen LogP contribution >= 0.6 is 11.3 Å². The Hall–Kier alpha value is -2.80. The molecule has 0 spiro atoms. The molecule has 0 aliphatic rings. The van der Waals surface area contributed by atoms with Crippen LogP contribution in [0.15, 0.2) is 42.5 Å². The summed E-state index contributed by atoms with van der Waals surface area (Å²) in [5.74, 6) is -0.984. The van der Waals surface area contributed by atoms with E-state index in [1.165, 1.54) is 29.5 Å². The maximum Gasteiger partial charge on any atom is 0.335 e. The van der Waals surface area contributed by atoms with Crippen molar-refractivity contribution < 1.29 is 14.8 Å². The molecule has 1 aromatic heterocycles. The van der Waals surface area contributed by atoms with Gasteiger partial charge in [0.15, 0.2) is 0 Å². The first-order valence-electron chi connectivity index (χ1n) is 5.93. The molecule has 0 radical (unpaired) electrons. The number of fused-ring (bicyclic) bond motifs is 1. The summed E-state index contributed by atoms with van der Waals surface area (Å²) in [6, 6.07) is 10.8. The molecule has 6 nitrogen and oxygen atoms in total. The van der Waals surface area contributed by atoms with Crippen molar-refractivity contribution in [3.05, 3.63) is 58.1 Å². The molecule has 0 saturated carbocycles. The van der Waals surface area contributed by atoms with E-state index < -0.39 is 10.9 Å². The van der Waals surface area contributed by atoms with Gasteiger partial charge >= 0.3 is 5.97 Å². The van der Waals surface area contributed by atoms with Crippen LogP contribution in [-0.4, -0.2) is 21.0 Å². The van der Waals surface area contributed by atoms with E-state index in [0.29, 0.717) is 10.5 Å². The summed E-state index contributed by atoms with van der Waals surface area (Å²) < 4.78 is 0.767. The fourth-order valence-corrected chi connectivity index (χ4v) is 2.92. The standard InChI is InChI=1S/C14H8N2O4S/c17-14(18)9-3-6-11-12(7-9)21-13(15-11)8-1-4-10(5-2-8)16(19)20/h1-7H,(H,17,18). The highest BCUT2D eigenvalue weighted by molar-refractivity contribution is 7.21. The molecule has 2 aromatic carbocycles. The van der Waals surface area contributed by atoms with Gasteiger partial charge < -0.3 is 5.11 Å². The number of nitro groups is 1. The van der Waals surface area contributed by atoms with Crippen molar-refractivity contribution in [3.8, 4) is 10.6 Å². The molecule has 0 aliphatic heterocycles. The zero-order valence-corrected chi connectivity index (χ0v) is 11.3. The van der Waals surface area contributed by atoms with E-state index in [0.717, 1.165) is 10.3 Å². The Balaban J connectivity index is 2.04. The lowest BCUT2D eigenvalue weighted by Crippen LogP contribution is -1.94. The number of thiazole rings is 1. The first-order valence-corrected chi connectivity index (χ1v) is 6.75. The molecular formula is C14H8N2O4S. The number of aromatic nitrogens is 1. The van der Waals surface area contributed by atoms with Crippen LogP contribution in [0.3, 0.4) is 0 Å². The van der Waals surface area contributed by atoms with Crippen LogP contribution in [0.4, 0.5) is 5.69 Å². The largest absolute Gasteiger partial charge is 0.478 e. The lowest BCUT2D eigenvalue weighted by Gasteiger charge is -1.95. The van der Waals surface area contributed by atoms with Gasteiger partial charge in [-0.05, 0) is 30.3 Å². The molecule has 0 unspecified atom stereocenters. The van der Waals surface area contributed by atoms with E-state index >= 15 is 0 Å². The Labute approximate surface area is 122 Å². The maximum atomic E-state index is 10.9. The van der Waals surface area contributed by atoms with Gasteiger partial charge in [0.2, 0.25) is 0 Å². The monoisotopic (exact) mass is 300 g/mol. The van der Waals surface area contributed by atoms with Gasteiger partial charge in [-0.25, -0.2) is 9.78 Å². The highest BCUT2D eigenvalue weighted by Crippen LogP contribution is 2.31. The first-order chi connectivity index (χ1) is 10.0. The van der Waals surface area contributed by atoms with Gasteiger partial charge in [0.1, 0.15) is 5.01 Å². The molecule has 0 aliphatic carbocycles. The van der Waals surface area contributed by atoms with E-state index in [1.54, 1.807) is 24.3 Å². The predicted octanol–water partition coefficient (Wildman–Crippen LogP) is 3.57. The fourth-order valence-electron chi connectivity index (χ4n) is 1.91. The molecule has 104 valence electrons. The minimum absolute atomic E-state index is 0.0213. The van der Waals surface area contributed by atoms with Crippen LogP contribution in [0.25, 0.3) is 20.8 Å². The molecule has 3 aromatic rings. The number of aromatic carboxylic acids is 1. The van der Waals surface area contributed by atoms with Gasteiger partial charge in [-0.3, -0.25) is 10.1 Å². The minimum Gasteiger partial charge on any atom is -0.478 e. The van der Waals surface area contributed by atoms with Crippen molar-refractivity contribution >= 4 is 33.2 Å². The average Bonchev–Trinajstić information content (AvgIpc) is 2.90. The summed E-state index contributed by atoms with van der Waals surface area (Å²) in [6.07, 6.45) is 0. The maximum absolute atomic E-state index is 10.9. The molecule has 1 N–H and O–H groups in total. The summed E-state index contributed by atoms with van der Waals surface area (Å²) in [6.45, 7) is 0. The number of nitrogens with zero attached hydrogens (tertiary/aromatic N) is 2. The van der Waals surface area contributed by atoms with Crippen molar-refractivity contribution in [1.29, 1.82) is 0 Å². The van der Waals surface area contributed by atoms with E-state index in [4.69, 9.17) is 5.11 Å². The second kappa shape index (κ2) is 4.95. The smallest absolute Gasteiger partial charge is 0.335 e. The minimum atomic E-state index is -0.984. The van der Waals surface area contributed by atoms with Crippen molar-refractivity contribution in [1.82, 2.24) is 4.98 Å². The van der Waals surface area contributed by atoms with E-state index in [-0.39, 0.29) is 11.3 Å². The lowest BCUT2D eigenvalue weighted by molar-refractivity contribution is -0.384. The summed E-state index contributed by atoms with van der Waals surface area (Å²) in [7, 11) is 0. The number of hydrogen-bond acceptors (Lipinski definition) is 5. The number of nitro benzene ring substituents is 1. The van der Waals surface area contributed by atoms with Gasteiger partial charge in [0.05, 0.1) is 20.7 Å². The normalized spacial score (nSPS) is 10.7. The molecule has 21 heavy (non-hydrogen) atoms. The fraction of sp³-hybridized carbons (Fsp3) is 0. The Morgan fingerprint density at radius 3 is 2.52 bits per heavy atom. The Kier molecular flexibility index (Phi) is 3.11. The second-order valence-corrected chi connectivity index (χ2v) is 5.34. The number of carboxylic acid groups (broad SMARTS) is 1. The third kappa shape index (κ3) is 2.46. The number of rotatable bonds is 3. The van der Waals surface area contributed by atoms with Crippen LogP contribution in [0.1, 0.15) is 10.4 Å². The first kappa shape index (κ1) is 13.2. The second-order valence-electron chi connectivity index (χ2n) is 4.31. The average molecular weight is 300 g/mol. The highest BCUT2D eigenvalue weighted by atomic mass is 32.1. The number of hydrogen-bond donors (Lipinski definition) is 1. The Morgan fingerprint density at radius 1 is 1.19 bits per heavy atom. The summed E-state index contributed by atoms with van der Waals surface area (Å²) in [4.78, 5) is 25.5. The van der Waals surface area contributed by atoms with Gasteiger partial charge in [0.25, 0.3) is 5.69 Å². The molecule has 0 fully saturated rings.